The van der Waals surface area contributed by atoms with Crippen molar-refractivity contribution in [1.82, 2.24) is 29.5 Å². The van der Waals surface area contributed by atoms with Crippen LogP contribution in [0.25, 0.3) is 22.3 Å². The Hall–Kier alpha value is -4.96. The van der Waals surface area contributed by atoms with Gasteiger partial charge >= 0.3 is 0 Å². The number of rotatable bonds is 7. The van der Waals surface area contributed by atoms with E-state index in [1.807, 2.05) is 6.08 Å². The van der Waals surface area contributed by atoms with Crippen molar-refractivity contribution in [3.63, 3.8) is 0 Å². The number of piperidine rings is 1. The van der Waals surface area contributed by atoms with E-state index in [9.17, 15) is 18.8 Å². The minimum absolute atomic E-state index is 0.0459. The summed E-state index contributed by atoms with van der Waals surface area (Å²) in [5.41, 5.74) is 6.98. The Morgan fingerprint density at radius 2 is 1.91 bits per heavy atom. The molecule has 2 aliphatic rings. The first kappa shape index (κ1) is 30.1. The minimum Gasteiger partial charge on any atom is -0.454 e. The lowest BCUT2D eigenvalue weighted by molar-refractivity contribution is -0.127. The van der Waals surface area contributed by atoms with Gasteiger partial charge in [0.15, 0.2) is 17.2 Å². The van der Waals surface area contributed by atoms with Gasteiger partial charge in [-0.2, -0.15) is 14.8 Å². The normalized spacial score (nSPS) is 18.0. The largest absolute Gasteiger partial charge is 0.454 e. The molecule has 1 amide bonds. The van der Waals surface area contributed by atoms with Crippen molar-refractivity contribution in [1.29, 1.82) is 5.26 Å². The fourth-order valence-electron chi connectivity index (χ4n) is 6.02. The first-order chi connectivity index (χ1) is 21.7. The summed E-state index contributed by atoms with van der Waals surface area (Å²) in [6, 6.07) is 9.17. The molecule has 4 aromatic rings. The molecule has 2 saturated heterocycles. The van der Waals surface area contributed by atoms with Gasteiger partial charge < -0.3 is 20.3 Å². The number of aromatic nitrogens is 4. The molecule has 45 heavy (non-hydrogen) atoms. The van der Waals surface area contributed by atoms with E-state index in [1.165, 1.54) is 30.6 Å². The van der Waals surface area contributed by atoms with Gasteiger partial charge in [-0.05, 0) is 76.0 Å². The Morgan fingerprint density at radius 1 is 1.11 bits per heavy atom. The maximum Gasteiger partial charge on any atom is 0.264 e. The molecule has 4 heterocycles. The van der Waals surface area contributed by atoms with Crippen molar-refractivity contribution < 1.29 is 22.7 Å². The number of hydrogen-bond acceptors (Lipinski definition) is 8. The highest BCUT2D eigenvalue weighted by molar-refractivity contribution is 5.99. The second kappa shape index (κ2) is 12.6. The van der Waals surface area contributed by atoms with E-state index in [0.717, 1.165) is 44.5 Å². The van der Waals surface area contributed by atoms with Gasteiger partial charge in [-0.1, -0.05) is 12.1 Å². The number of allylic oxidation sites excluding steroid dienone is 1. The molecule has 2 fully saturated rings. The van der Waals surface area contributed by atoms with E-state index >= 15 is 4.39 Å². The molecule has 232 valence electrons. The van der Waals surface area contributed by atoms with E-state index in [2.05, 4.69) is 33.1 Å². The number of carbonyl (C=O) groups is 1. The molecule has 13 heteroatoms. The molecule has 2 aliphatic heterocycles. The first-order valence-electron chi connectivity index (χ1n) is 14.7. The van der Waals surface area contributed by atoms with E-state index in [-0.39, 0.29) is 58.6 Å². The van der Waals surface area contributed by atoms with Gasteiger partial charge in [0.25, 0.3) is 5.91 Å². The Labute approximate surface area is 257 Å². The second-order valence-corrected chi connectivity index (χ2v) is 11.4. The summed E-state index contributed by atoms with van der Waals surface area (Å²) >= 11 is 0. The molecule has 0 radical (unpaired) electrons. The number of carbonyl (C=O) groups excluding carboxylic acids is 1. The molecule has 0 spiro atoms. The zero-order chi connectivity index (χ0) is 31.7. The number of likely N-dealkylation sites (tertiary alicyclic amines) is 2. The highest BCUT2D eigenvalue weighted by Crippen LogP contribution is 2.35. The number of nitrogens with two attached hydrogens (primary N) is 1. The van der Waals surface area contributed by atoms with Crippen LogP contribution in [0.15, 0.2) is 54.4 Å². The third-order valence-electron chi connectivity index (χ3n) is 8.44. The predicted molar refractivity (Wildman–Crippen MR) is 160 cm³/mol. The first-order valence-corrected chi connectivity index (χ1v) is 14.7. The zero-order valence-electron chi connectivity index (χ0n) is 24.6. The van der Waals surface area contributed by atoms with Crippen molar-refractivity contribution in [3.8, 4) is 28.8 Å². The number of halogens is 3. The zero-order valence-corrected chi connectivity index (χ0v) is 24.6. The van der Waals surface area contributed by atoms with Crippen LogP contribution in [-0.4, -0.2) is 68.2 Å². The summed E-state index contributed by atoms with van der Waals surface area (Å²) in [6.07, 6.45) is 6.34. The Morgan fingerprint density at radius 3 is 2.67 bits per heavy atom. The Balaban J connectivity index is 1.27. The molecule has 0 bridgehead atoms. The third kappa shape index (κ3) is 6.06. The fraction of sp³-hybridized carbons (Fsp3) is 0.344. The summed E-state index contributed by atoms with van der Waals surface area (Å²) in [5, 5.41) is 14.9. The topological polar surface area (TPSA) is 126 Å². The molecule has 2 aromatic heterocycles. The third-order valence-corrected chi connectivity index (χ3v) is 8.44. The van der Waals surface area contributed by atoms with Crippen LogP contribution in [0.5, 0.6) is 11.5 Å². The predicted octanol–water partition coefficient (Wildman–Crippen LogP) is 5.07. The van der Waals surface area contributed by atoms with Gasteiger partial charge in [0.2, 0.25) is 5.82 Å². The lowest BCUT2D eigenvalue weighted by Gasteiger charge is -2.28. The standard InChI is InChI=1S/C32H31F3N8O2/c1-41-12-9-19(10-13-41)14-20(16-36)32(44)42-11-3-4-21(42)17-43-31-27(30(37)38-18-39-31)29(40-43)23-8-7-22(15-25(23)34)45-26-6-2-5-24(33)28(26)35/h2,5-8,14-15,18-19,21H,3-4,9-13,17H2,1H3,(H2,37,38,39)/t21-/m0/s1. The summed E-state index contributed by atoms with van der Waals surface area (Å²) in [6.45, 7) is 2.58. The average Bonchev–Trinajstić information content (AvgIpc) is 3.64. The van der Waals surface area contributed by atoms with Crippen LogP contribution >= 0.6 is 0 Å². The van der Waals surface area contributed by atoms with Gasteiger partial charge in [-0.25, -0.2) is 23.4 Å². The van der Waals surface area contributed by atoms with Crippen LogP contribution in [0.4, 0.5) is 19.0 Å². The number of fused-ring (bicyclic) bond motifs is 1. The SMILES string of the molecule is CN1CCC(C=C(C#N)C(=O)N2CCC[C@H]2Cn2nc(-c3ccc(Oc4cccc(F)c4F)cc3F)c3c(N)ncnc32)CC1. The molecule has 0 saturated carbocycles. The highest BCUT2D eigenvalue weighted by atomic mass is 19.2. The monoisotopic (exact) mass is 616 g/mol. The molecule has 2 aromatic carbocycles. The average molecular weight is 617 g/mol. The molecule has 2 N–H and O–H groups in total. The van der Waals surface area contributed by atoms with E-state index in [1.54, 1.807) is 9.58 Å². The van der Waals surface area contributed by atoms with Gasteiger partial charge in [0.1, 0.15) is 41.0 Å². The quantitative estimate of drug-likeness (QED) is 0.225. The van der Waals surface area contributed by atoms with E-state index in [0.29, 0.717) is 24.0 Å². The molecule has 0 aliphatic carbocycles. The summed E-state index contributed by atoms with van der Waals surface area (Å²) in [5.74, 6) is -3.48. The number of nitrogens with zero attached hydrogens (tertiary/aromatic N) is 7. The summed E-state index contributed by atoms with van der Waals surface area (Å²) in [4.78, 5) is 25.9. The van der Waals surface area contributed by atoms with Crippen LogP contribution in [0.1, 0.15) is 25.7 Å². The van der Waals surface area contributed by atoms with Crippen LogP contribution in [-0.2, 0) is 11.3 Å². The molecular weight excluding hydrogens is 585 g/mol. The maximum atomic E-state index is 15.5. The molecule has 10 nitrogen and oxygen atoms in total. The molecule has 1 atom stereocenters. The molecule has 6 rings (SSSR count). The smallest absolute Gasteiger partial charge is 0.264 e. The summed E-state index contributed by atoms with van der Waals surface area (Å²) in [7, 11) is 2.06. The summed E-state index contributed by atoms with van der Waals surface area (Å²) < 4.78 is 50.2. The van der Waals surface area contributed by atoms with E-state index in [4.69, 9.17) is 10.5 Å². The van der Waals surface area contributed by atoms with Crippen molar-refractivity contribution in [3.05, 3.63) is 71.8 Å². The number of benzene rings is 2. The fourth-order valence-corrected chi connectivity index (χ4v) is 6.02. The number of hydrogen-bond donors (Lipinski definition) is 1. The van der Waals surface area contributed by atoms with Crippen LogP contribution in [0.3, 0.4) is 0 Å². The van der Waals surface area contributed by atoms with Crippen LogP contribution in [0.2, 0.25) is 0 Å². The van der Waals surface area contributed by atoms with Crippen molar-refractivity contribution >= 4 is 22.8 Å². The van der Waals surface area contributed by atoms with Crippen molar-refractivity contribution in [2.75, 3.05) is 32.4 Å². The van der Waals surface area contributed by atoms with Gasteiger partial charge in [-0.15, -0.1) is 0 Å². The number of nitriles is 1. The van der Waals surface area contributed by atoms with Gasteiger partial charge in [0, 0.05) is 18.2 Å². The number of anilines is 1. The Kier molecular flexibility index (Phi) is 8.40. The maximum absolute atomic E-state index is 15.5. The van der Waals surface area contributed by atoms with Gasteiger partial charge in [-0.3, -0.25) is 4.79 Å². The Bertz CT molecular complexity index is 1830. The minimum atomic E-state index is -1.18. The van der Waals surface area contributed by atoms with Gasteiger partial charge in [0.05, 0.1) is 18.0 Å². The van der Waals surface area contributed by atoms with Crippen molar-refractivity contribution in [2.45, 2.75) is 38.3 Å². The number of nitrogen functional groups attached to an aromatic ring is 1. The lowest BCUT2D eigenvalue weighted by Crippen LogP contribution is -2.39. The molecular formula is C32H31F3N8O2. The number of amides is 1. The molecule has 0 unspecified atom stereocenters. The van der Waals surface area contributed by atoms with Crippen molar-refractivity contribution in [2.24, 2.45) is 5.92 Å². The van der Waals surface area contributed by atoms with Crippen LogP contribution in [0, 0.1) is 34.7 Å². The number of ether oxygens (including phenoxy) is 1. The second-order valence-electron chi connectivity index (χ2n) is 11.4. The lowest BCUT2D eigenvalue weighted by atomic mass is 9.94. The van der Waals surface area contributed by atoms with E-state index < -0.39 is 17.5 Å². The highest BCUT2D eigenvalue weighted by Gasteiger charge is 2.33. The van der Waals surface area contributed by atoms with Crippen LogP contribution < -0.4 is 10.5 Å².